The lowest BCUT2D eigenvalue weighted by Crippen LogP contribution is -2.23. The molecule has 0 bridgehead atoms. The van der Waals surface area contributed by atoms with E-state index in [9.17, 15) is 14.0 Å². The van der Waals surface area contributed by atoms with Crippen molar-refractivity contribution in [1.82, 2.24) is 29.5 Å². The largest absolute Gasteiger partial charge is 0.484 e. The molecule has 5 rings (SSSR count). The molecule has 0 aliphatic heterocycles. The molecule has 10 nitrogen and oxygen atoms in total. The molecule has 2 aromatic carbocycles. The van der Waals surface area contributed by atoms with Crippen LogP contribution < -0.4 is 15.6 Å². The summed E-state index contributed by atoms with van der Waals surface area (Å²) in [6.45, 7) is 5.45. The minimum absolute atomic E-state index is 0.112. The molecule has 0 atom stereocenters. The van der Waals surface area contributed by atoms with Crippen LogP contribution in [0.25, 0.3) is 22.7 Å². The summed E-state index contributed by atoms with van der Waals surface area (Å²) in [5, 5.41) is 11.8. The first-order chi connectivity index (χ1) is 17.3. The molecule has 3 heterocycles. The molecule has 0 spiro atoms. The molecular weight excluding hydrogens is 465 g/mol. The predicted octanol–water partition coefficient (Wildman–Crippen LogP) is 3.38. The first kappa shape index (κ1) is 23.0. The lowest BCUT2D eigenvalue weighted by molar-refractivity contribution is -0.118. The zero-order valence-electron chi connectivity index (χ0n) is 19.7. The number of anilines is 1. The van der Waals surface area contributed by atoms with Crippen molar-refractivity contribution in [2.45, 2.75) is 20.8 Å². The van der Waals surface area contributed by atoms with Crippen molar-refractivity contribution >= 4 is 22.8 Å². The summed E-state index contributed by atoms with van der Waals surface area (Å²) in [4.78, 5) is 32.7. The van der Waals surface area contributed by atoms with E-state index in [1.54, 1.807) is 17.7 Å². The molecule has 0 unspecified atom stereocenters. The van der Waals surface area contributed by atoms with Gasteiger partial charge in [-0.1, -0.05) is 6.07 Å². The second-order valence-corrected chi connectivity index (χ2v) is 8.33. The minimum atomic E-state index is -0.468. The normalized spacial score (nSPS) is 11.1. The number of fused-ring (bicyclic) bond motifs is 1. The van der Waals surface area contributed by atoms with Gasteiger partial charge in [-0.15, -0.1) is 0 Å². The fourth-order valence-corrected chi connectivity index (χ4v) is 3.66. The van der Waals surface area contributed by atoms with E-state index >= 15 is 0 Å². The molecule has 182 valence electrons. The van der Waals surface area contributed by atoms with Gasteiger partial charge < -0.3 is 10.1 Å². The van der Waals surface area contributed by atoms with Crippen LogP contribution in [0.15, 0.2) is 59.5 Å². The fraction of sp³-hybridized carbons (Fsp3) is 0.160. The van der Waals surface area contributed by atoms with Crippen molar-refractivity contribution in [2.24, 2.45) is 0 Å². The topological polar surface area (TPSA) is 120 Å². The van der Waals surface area contributed by atoms with Crippen molar-refractivity contribution in [2.75, 3.05) is 11.9 Å². The maximum absolute atomic E-state index is 13.1. The number of aromatic nitrogens is 6. The van der Waals surface area contributed by atoms with Crippen LogP contribution >= 0.6 is 0 Å². The van der Waals surface area contributed by atoms with Crippen LogP contribution in [-0.4, -0.2) is 42.0 Å². The lowest BCUT2D eigenvalue weighted by Gasteiger charge is -2.10. The zero-order chi connectivity index (χ0) is 25.4. The Morgan fingerprint density at radius 2 is 1.83 bits per heavy atom. The van der Waals surface area contributed by atoms with Crippen LogP contribution in [-0.2, 0) is 4.79 Å². The average Bonchev–Trinajstić information content (AvgIpc) is 3.44. The third kappa shape index (κ3) is 4.45. The molecule has 3 aromatic heterocycles. The maximum Gasteiger partial charge on any atom is 0.263 e. The number of halogens is 1. The molecule has 0 aliphatic carbocycles. The summed E-state index contributed by atoms with van der Waals surface area (Å²) in [6.07, 6.45) is 1.46. The third-order valence-electron chi connectivity index (χ3n) is 5.64. The molecule has 0 saturated heterocycles. The van der Waals surface area contributed by atoms with Crippen LogP contribution in [0.4, 0.5) is 10.2 Å². The fourth-order valence-electron chi connectivity index (χ4n) is 3.66. The van der Waals surface area contributed by atoms with Crippen molar-refractivity contribution in [3.63, 3.8) is 0 Å². The van der Waals surface area contributed by atoms with Gasteiger partial charge in [-0.2, -0.15) is 19.9 Å². The van der Waals surface area contributed by atoms with E-state index in [-0.39, 0.29) is 12.6 Å². The number of aromatic amines is 1. The summed E-state index contributed by atoms with van der Waals surface area (Å²) in [7, 11) is 0. The Hall–Kier alpha value is -4.80. The van der Waals surface area contributed by atoms with Gasteiger partial charge in [-0.3, -0.25) is 14.6 Å². The van der Waals surface area contributed by atoms with Gasteiger partial charge in [0.15, 0.2) is 12.3 Å². The van der Waals surface area contributed by atoms with Gasteiger partial charge in [-0.05, 0) is 68.3 Å². The number of rotatable bonds is 6. The van der Waals surface area contributed by atoms with Crippen LogP contribution in [0.2, 0.25) is 0 Å². The zero-order valence-corrected chi connectivity index (χ0v) is 19.7. The standard InChI is InChI=1S/C25H22FN7O3/c1-14-4-7-18(10-15(14)2)32-23-20(12-27-32)24(35)30-25(29-23)33-21(11-16(3)31-33)28-22(34)13-36-19-8-5-17(26)6-9-19/h4-12H,13H2,1-3H3,(H,28,34)(H,29,30,35). The van der Waals surface area contributed by atoms with E-state index in [2.05, 4.69) is 25.5 Å². The Bertz CT molecular complexity index is 1650. The van der Waals surface area contributed by atoms with Crippen LogP contribution in [0, 0.1) is 26.6 Å². The van der Waals surface area contributed by atoms with Gasteiger partial charge in [0, 0.05) is 6.07 Å². The Kier molecular flexibility index (Phi) is 5.80. The molecule has 1 amide bonds. The second-order valence-electron chi connectivity index (χ2n) is 8.33. The van der Waals surface area contributed by atoms with Crippen LogP contribution in [0.1, 0.15) is 16.8 Å². The molecule has 0 fully saturated rings. The summed E-state index contributed by atoms with van der Waals surface area (Å²) in [5.41, 5.74) is 3.53. The van der Waals surface area contributed by atoms with Gasteiger partial charge in [0.1, 0.15) is 22.8 Å². The smallest absolute Gasteiger partial charge is 0.263 e. The van der Waals surface area contributed by atoms with E-state index in [1.807, 2.05) is 32.0 Å². The second kappa shape index (κ2) is 9.10. The highest BCUT2D eigenvalue weighted by atomic mass is 19.1. The molecule has 2 N–H and O–H groups in total. The van der Waals surface area contributed by atoms with Crippen molar-refractivity contribution < 1.29 is 13.9 Å². The summed E-state index contributed by atoms with van der Waals surface area (Å²) in [5.74, 6) is -0.110. The highest BCUT2D eigenvalue weighted by Crippen LogP contribution is 2.20. The van der Waals surface area contributed by atoms with Crippen molar-refractivity contribution in [1.29, 1.82) is 0 Å². The number of hydrogen-bond acceptors (Lipinski definition) is 6. The van der Waals surface area contributed by atoms with Crippen molar-refractivity contribution in [3.05, 3.63) is 87.7 Å². The summed E-state index contributed by atoms with van der Waals surface area (Å²) in [6, 6.07) is 12.8. The Morgan fingerprint density at radius 1 is 1.06 bits per heavy atom. The number of nitrogens with one attached hydrogen (secondary N) is 2. The molecular formula is C25H22FN7O3. The number of hydrogen-bond donors (Lipinski definition) is 2. The van der Waals surface area contributed by atoms with E-state index in [4.69, 9.17) is 4.74 Å². The molecule has 0 aliphatic rings. The number of benzene rings is 2. The first-order valence-corrected chi connectivity index (χ1v) is 11.1. The monoisotopic (exact) mass is 487 g/mol. The van der Waals surface area contributed by atoms with Gasteiger partial charge >= 0.3 is 0 Å². The number of carbonyl (C=O) groups excluding carboxylic acids is 1. The SMILES string of the molecule is Cc1cc(NC(=O)COc2ccc(F)cc2)n(-c2nc3c(cnn3-c3ccc(C)c(C)c3)c(=O)[nH]2)n1. The Morgan fingerprint density at radius 3 is 2.58 bits per heavy atom. The van der Waals surface area contributed by atoms with E-state index in [0.29, 0.717) is 28.3 Å². The Labute approximate surface area is 204 Å². The predicted molar refractivity (Wildman–Crippen MR) is 131 cm³/mol. The number of H-pyrrole nitrogens is 1. The number of amides is 1. The highest BCUT2D eigenvalue weighted by Gasteiger charge is 2.17. The minimum Gasteiger partial charge on any atom is -0.484 e. The van der Waals surface area contributed by atoms with Gasteiger partial charge in [0.2, 0.25) is 5.95 Å². The first-order valence-electron chi connectivity index (χ1n) is 11.1. The number of carbonyl (C=O) groups is 1. The van der Waals surface area contributed by atoms with Crippen LogP contribution in [0.5, 0.6) is 5.75 Å². The Balaban J connectivity index is 1.46. The van der Waals surface area contributed by atoms with Gasteiger partial charge in [0.25, 0.3) is 11.5 Å². The van der Waals surface area contributed by atoms with Crippen molar-refractivity contribution in [3.8, 4) is 17.4 Å². The maximum atomic E-state index is 13.1. The highest BCUT2D eigenvalue weighted by molar-refractivity contribution is 5.91. The van der Waals surface area contributed by atoms with Gasteiger partial charge in [0.05, 0.1) is 17.6 Å². The molecule has 0 saturated carbocycles. The average molecular weight is 487 g/mol. The summed E-state index contributed by atoms with van der Waals surface area (Å²) >= 11 is 0. The lowest BCUT2D eigenvalue weighted by atomic mass is 10.1. The molecule has 36 heavy (non-hydrogen) atoms. The van der Waals surface area contributed by atoms with Gasteiger partial charge in [-0.25, -0.2) is 9.07 Å². The molecule has 5 aromatic rings. The number of nitrogens with zero attached hydrogens (tertiary/aromatic N) is 5. The molecule has 11 heteroatoms. The van der Waals surface area contributed by atoms with E-state index in [1.165, 1.54) is 35.1 Å². The number of aryl methyl sites for hydroxylation is 3. The van der Waals surface area contributed by atoms with Crippen LogP contribution in [0.3, 0.4) is 0 Å². The third-order valence-corrected chi connectivity index (χ3v) is 5.64. The number of ether oxygens (including phenoxy) is 1. The summed E-state index contributed by atoms with van der Waals surface area (Å²) < 4.78 is 21.4. The quantitative estimate of drug-likeness (QED) is 0.379. The van der Waals surface area contributed by atoms with E-state index in [0.717, 1.165) is 16.8 Å². The van der Waals surface area contributed by atoms with E-state index < -0.39 is 17.3 Å². The molecule has 0 radical (unpaired) electrons.